The lowest BCUT2D eigenvalue weighted by Crippen LogP contribution is -2.48. The first kappa shape index (κ1) is 19.7. The molecule has 0 radical (unpaired) electrons. The van der Waals surface area contributed by atoms with Crippen molar-refractivity contribution < 1.29 is 14.3 Å². The van der Waals surface area contributed by atoms with Crippen molar-refractivity contribution in [3.63, 3.8) is 0 Å². The molecule has 138 valence electrons. The van der Waals surface area contributed by atoms with E-state index in [2.05, 4.69) is 5.18 Å². The van der Waals surface area contributed by atoms with Gasteiger partial charge in [-0.1, -0.05) is 30.4 Å². The fourth-order valence-electron chi connectivity index (χ4n) is 2.33. The number of nitroso groups, excluding NO2 is 1. The number of hydrogen-bond acceptors (Lipinski definition) is 7. The van der Waals surface area contributed by atoms with E-state index in [1.54, 1.807) is 45.0 Å². The standard InChI is InChI=1S/C17H20N4O4S/c1-17(2,3)25-16(23)20-9-12(19-24)14(13(22)10-20)15(26)21(18)11-7-5-4-6-8-11/h4-8H,9-10,18H2,1-3H3. The van der Waals surface area contributed by atoms with Crippen LogP contribution in [0, 0.1) is 4.91 Å². The van der Waals surface area contributed by atoms with Crippen LogP contribution in [0.1, 0.15) is 20.8 Å². The van der Waals surface area contributed by atoms with Crippen molar-refractivity contribution in [2.75, 3.05) is 18.1 Å². The summed E-state index contributed by atoms with van der Waals surface area (Å²) >= 11 is 5.28. The lowest BCUT2D eigenvalue weighted by atomic mass is 10.0. The number of hydrazine groups is 1. The van der Waals surface area contributed by atoms with Crippen molar-refractivity contribution in [3.05, 3.63) is 46.5 Å². The summed E-state index contributed by atoms with van der Waals surface area (Å²) < 4.78 is 5.23. The summed E-state index contributed by atoms with van der Waals surface area (Å²) in [6.45, 7) is 4.67. The van der Waals surface area contributed by atoms with Crippen molar-refractivity contribution >= 4 is 34.8 Å². The first-order valence-electron chi connectivity index (χ1n) is 7.86. The minimum atomic E-state index is -0.727. The first-order valence-corrected chi connectivity index (χ1v) is 8.26. The summed E-state index contributed by atoms with van der Waals surface area (Å²) in [7, 11) is 0. The second kappa shape index (κ2) is 7.71. The van der Waals surface area contributed by atoms with Crippen molar-refractivity contribution in [1.29, 1.82) is 0 Å². The van der Waals surface area contributed by atoms with E-state index < -0.39 is 17.5 Å². The number of carbonyl (C=O) groups excluding carboxylic acids is 2. The average Bonchev–Trinajstić information content (AvgIpc) is 2.59. The van der Waals surface area contributed by atoms with Crippen LogP contribution in [-0.2, 0) is 9.53 Å². The molecule has 0 bridgehead atoms. The Morgan fingerprint density at radius 1 is 1.27 bits per heavy atom. The molecule has 1 aromatic rings. The quantitative estimate of drug-likeness (QED) is 0.374. The number of benzene rings is 1. The SMILES string of the molecule is CC(C)(C)OC(=O)N1CC(=O)C(C(=S)N(N)c2ccccc2)=C(N=O)C1. The Morgan fingerprint density at radius 2 is 1.88 bits per heavy atom. The van der Waals surface area contributed by atoms with Gasteiger partial charge in [0.2, 0.25) is 0 Å². The maximum absolute atomic E-state index is 12.5. The van der Waals surface area contributed by atoms with Crippen LogP contribution in [0.2, 0.25) is 0 Å². The van der Waals surface area contributed by atoms with E-state index in [1.807, 2.05) is 6.07 Å². The average molecular weight is 376 g/mol. The summed E-state index contributed by atoms with van der Waals surface area (Å²) in [6.07, 6.45) is -0.704. The number of ether oxygens (including phenoxy) is 1. The molecule has 9 heteroatoms. The topological polar surface area (TPSA) is 105 Å². The van der Waals surface area contributed by atoms with Crippen LogP contribution in [0.25, 0.3) is 0 Å². The number of thiocarbonyl (C=S) groups is 1. The molecule has 0 atom stereocenters. The number of anilines is 1. The van der Waals surface area contributed by atoms with E-state index in [1.165, 1.54) is 0 Å². The molecule has 1 heterocycles. The second-order valence-electron chi connectivity index (χ2n) is 6.68. The molecule has 1 amide bonds. The molecule has 1 aliphatic heterocycles. The Balaban J connectivity index is 2.27. The largest absolute Gasteiger partial charge is 0.444 e. The molecular formula is C17H20N4O4S. The highest BCUT2D eigenvalue weighted by Gasteiger charge is 2.35. The van der Waals surface area contributed by atoms with Gasteiger partial charge in [-0.2, -0.15) is 0 Å². The molecule has 0 unspecified atom stereocenters. The Morgan fingerprint density at radius 3 is 2.42 bits per heavy atom. The van der Waals surface area contributed by atoms with Crippen molar-refractivity contribution in [2.45, 2.75) is 26.4 Å². The third kappa shape index (κ3) is 4.50. The van der Waals surface area contributed by atoms with Gasteiger partial charge in [0.25, 0.3) is 0 Å². The van der Waals surface area contributed by atoms with Crippen LogP contribution >= 0.6 is 12.2 Å². The molecule has 2 rings (SSSR count). The molecule has 0 aliphatic carbocycles. The molecular weight excluding hydrogens is 356 g/mol. The normalized spacial score (nSPS) is 14.9. The molecule has 0 spiro atoms. The van der Waals surface area contributed by atoms with Gasteiger partial charge in [-0.3, -0.25) is 14.7 Å². The van der Waals surface area contributed by atoms with Gasteiger partial charge in [-0.05, 0) is 38.1 Å². The number of ketones is 1. The van der Waals surface area contributed by atoms with E-state index in [9.17, 15) is 14.5 Å². The first-order chi connectivity index (χ1) is 12.1. The molecule has 1 aromatic carbocycles. The molecule has 0 aromatic heterocycles. The number of amides is 1. The fourth-order valence-corrected chi connectivity index (χ4v) is 2.67. The number of Topliss-reactive ketones (excluding diaryl/α,β-unsaturated/α-hetero) is 1. The minimum Gasteiger partial charge on any atom is -0.444 e. The van der Waals surface area contributed by atoms with Gasteiger partial charge in [0.05, 0.1) is 24.4 Å². The van der Waals surface area contributed by atoms with E-state index in [-0.39, 0.29) is 29.3 Å². The predicted molar refractivity (Wildman–Crippen MR) is 101 cm³/mol. The molecule has 26 heavy (non-hydrogen) atoms. The number of para-hydroxylation sites is 1. The van der Waals surface area contributed by atoms with Crippen LogP contribution < -0.4 is 10.9 Å². The van der Waals surface area contributed by atoms with Gasteiger partial charge in [-0.15, -0.1) is 4.91 Å². The van der Waals surface area contributed by atoms with Crippen LogP contribution in [0.5, 0.6) is 0 Å². The van der Waals surface area contributed by atoms with E-state index >= 15 is 0 Å². The van der Waals surface area contributed by atoms with E-state index in [4.69, 9.17) is 22.8 Å². The zero-order valence-corrected chi connectivity index (χ0v) is 15.6. The summed E-state index contributed by atoms with van der Waals surface area (Å²) in [5.41, 5.74) is -0.377. The Kier molecular flexibility index (Phi) is 5.83. The maximum Gasteiger partial charge on any atom is 0.411 e. The van der Waals surface area contributed by atoms with Crippen molar-refractivity contribution in [2.24, 2.45) is 11.0 Å². The van der Waals surface area contributed by atoms with E-state index in [0.717, 1.165) is 9.91 Å². The van der Waals surface area contributed by atoms with Crippen LogP contribution in [0.4, 0.5) is 10.5 Å². The van der Waals surface area contributed by atoms with Crippen LogP contribution in [0.15, 0.2) is 46.8 Å². The fraction of sp³-hybridized carbons (Fsp3) is 0.353. The molecule has 8 nitrogen and oxygen atoms in total. The highest BCUT2D eigenvalue weighted by Crippen LogP contribution is 2.23. The predicted octanol–water partition coefficient (Wildman–Crippen LogP) is 2.53. The number of hydrogen-bond donors (Lipinski definition) is 1. The van der Waals surface area contributed by atoms with Gasteiger partial charge < -0.3 is 4.74 Å². The third-order valence-electron chi connectivity index (χ3n) is 3.47. The minimum absolute atomic E-state index is 0.0281. The summed E-state index contributed by atoms with van der Waals surface area (Å²) in [4.78, 5) is 37.1. The monoisotopic (exact) mass is 376 g/mol. The highest BCUT2D eigenvalue weighted by molar-refractivity contribution is 7.81. The van der Waals surface area contributed by atoms with Gasteiger partial charge in [0.1, 0.15) is 16.3 Å². The van der Waals surface area contributed by atoms with E-state index in [0.29, 0.717) is 5.69 Å². The molecule has 2 N–H and O–H groups in total. The van der Waals surface area contributed by atoms with Crippen molar-refractivity contribution in [3.8, 4) is 0 Å². The van der Waals surface area contributed by atoms with Gasteiger partial charge in [0.15, 0.2) is 5.78 Å². The molecule has 0 saturated carbocycles. The molecule has 0 fully saturated rings. The lowest BCUT2D eigenvalue weighted by Gasteiger charge is -2.31. The van der Waals surface area contributed by atoms with Crippen molar-refractivity contribution in [1.82, 2.24) is 4.90 Å². The molecule has 1 aliphatic rings. The second-order valence-corrected chi connectivity index (χ2v) is 7.07. The lowest BCUT2D eigenvalue weighted by molar-refractivity contribution is -0.116. The third-order valence-corrected chi connectivity index (χ3v) is 3.87. The van der Waals surface area contributed by atoms with Crippen LogP contribution in [-0.4, -0.2) is 40.5 Å². The number of nitrogens with zero attached hydrogens (tertiary/aromatic N) is 3. The Hall–Kier alpha value is -2.65. The highest BCUT2D eigenvalue weighted by atomic mass is 32.1. The van der Waals surface area contributed by atoms with Gasteiger partial charge >= 0.3 is 6.09 Å². The smallest absolute Gasteiger partial charge is 0.411 e. The Labute approximate surface area is 156 Å². The maximum atomic E-state index is 12.5. The van der Waals surface area contributed by atoms with Gasteiger partial charge in [-0.25, -0.2) is 10.6 Å². The van der Waals surface area contributed by atoms with Gasteiger partial charge in [0, 0.05) is 0 Å². The Bertz CT molecular complexity index is 771. The zero-order valence-electron chi connectivity index (χ0n) is 14.8. The summed E-state index contributed by atoms with van der Waals surface area (Å²) in [6, 6.07) is 8.75. The zero-order chi connectivity index (χ0) is 19.5. The summed E-state index contributed by atoms with van der Waals surface area (Å²) in [5, 5.41) is 4.03. The number of carbonyl (C=O) groups is 2. The van der Waals surface area contributed by atoms with Crippen LogP contribution in [0.3, 0.4) is 0 Å². The number of rotatable bonds is 3. The number of nitrogens with two attached hydrogens (primary N) is 1. The molecule has 0 saturated heterocycles. The summed E-state index contributed by atoms with van der Waals surface area (Å²) in [5.74, 6) is 5.46.